The number of fused-ring (bicyclic) bond motifs is 1. The third-order valence-electron chi connectivity index (χ3n) is 3.66. The van der Waals surface area contributed by atoms with Gasteiger partial charge in [0.2, 0.25) is 17.7 Å². The van der Waals surface area contributed by atoms with Crippen molar-refractivity contribution in [3.05, 3.63) is 34.9 Å². The Hall–Kier alpha value is -2.41. The van der Waals surface area contributed by atoms with Crippen LogP contribution in [-0.2, 0) is 18.3 Å². The van der Waals surface area contributed by atoms with E-state index in [1.807, 2.05) is 31.5 Å². The molecule has 24 heavy (non-hydrogen) atoms. The molecule has 0 aliphatic heterocycles. The second-order valence-electron chi connectivity index (χ2n) is 5.88. The number of nitrogens with one attached hydrogen (secondary N) is 1. The molecule has 126 valence electrons. The molecule has 0 unspecified atom stereocenters. The molecule has 3 aromatic rings. The van der Waals surface area contributed by atoms with Gasteiger partial charge in [0.15, 0.2) is 5.82 Å². The van der Waals surface area contributed by atoms with Crippen molar-refractivity contribution in [1.82, 2.24) is 19.7 Å². The smallest absolute Gasteiger partial charge is 0.227 e. The first kappa shape index (κ1) is 16.4. The summed E-state index contributed by atoms with van der Waals surface area (Å²) in [5, 5.41) is 7.29. The first-order valence-corrected chi connectivity index (χ1v) is 8.06. The lowest BCUT2D eigenvalue weighted by Gasteiger charge is -2.04. The lowest BCUT2D eigenvalue weighted by molar-refractivity contribution is -0.116. The van der Waals surface area contributed by atoms with Gasteiger partial charge in [0, 0.05) is 30.8 Å². The van der Waals surface area contributed by atoms with Crippen molar-refractivity contribution in [2.75, 3.05) is 5.32 Å². The SMILES string of the molecule is CC(C)c1noc(CCC(=O)Nc2nc3cc(Cl)ccc3n2C)n1. The van der Waals surface area contributed by atoms with Crippen LogP contribution in [-0.4, -0.2) is 25.6 Å². The zero-order valence-electron chi connectivity index (χ0n) is 13.7. The second-order valence-corrected chi connectivity index (χ2v) is 6.31. The molecule has 0 aliphatic rings. The molecular formula is C16H18ClN5O2. The quantitative estimate of drug-likeness (QED) is 0.765. The third kappa shape index (κ3) is 3.41. The van der Waals surface area contributed by atoms with Crippen molar-refractivity contribution in [2.45, 2.75) is 32.6 Å². The molecular weight excluding hydrogens is 330 g/mol. The van der Waals surface area contributed by atoms with E-state index in [0.29, 0.717) is 29.1 Å². The Kier molecular flexibility index (Phi) is 4.53. The van der Waals surface area contributed by atoms with Crippen molar-refractivity contribution in [3.63, 3.8) is 0 Å². The van der Waals surface area contributed by atoms with Gasteiger partial charge in [0.05, 0.1) is 11.0 Å². The van der Waals surface area contributed by atoms with E-state index in [2.05, 4.69) is 20.4 Å². The first-order chi connectivity index (χ1) is 11.4. The van der Waals surface area contributed by atoms with Crippen LogP contribution in [0, 0.1) is 0 Å². The molecule has 0 saturated heterocycles. The molecule has 8 heteroatoms. The lowest BCUT2D eigenvalue weighted by Crippen LogP contribution is -2.15. The number of hydrogen-bond acceptors (Lipinski definition) is 5. The van der Waals surface area contributed by atoms with Crippen molar-refractivity contribution in [1.29, 1.82) is 0 Å². The van der Waals surface area contributed by atoms with E-state index in [1.54, 1.807) is 12.1 Å². The standard InChI is InChI=1S/C16H18ClN5O2/c1-9(2)15-20-14(24-21-15)7-6-13(23)19-16-18-11-8-10(17)4-5-12(11)22(16)3/h4-5,8-9H,6-7H2,1-3H3,(H,18,19,23). The van der Waals surface area contributed by atoms with Gasteiger partial charge in [-0.2, -0.15) is 4.98 Å². The molecule has 0 radical (unpaired) electrons. The zero-order valence-corrected chi connectivity index (χ0v) is 14.5. The van der Waals surface area contributed by atoms with Crippen LogP contribution in [0.2, 0.25) is 5.02 Å². The average molecular weight is 348 g/mol. The Balaban J connectivity index is 1.65. The molecule has 3 rings (SSSR count). The molecule has 7 nitrogen and oxygen atoms in total. The van der Waals surface area contributed by atoms with Crippen LogP contribution in [0.4, 0.5) is 5.95 Å². The highest BCUT2D eigenvalue weighted by Crippen LogP contribution is 2.22. The predicted octanol–water partition coefficient (Wildman–Crippen LogP) is 3.30. The van der Waals surface area contributed by atoms with Crippen molar-refractivity contribution in [3.8, 4) is 0 Å². The highest BCUT2D eigenvalue weighted by atomic mass is 35.5. The third-order valence-corrected chi connectivity index (χ3v) is 3.90. The van der Waals surface area contributed by atoms with Crippen molar-refractivity contribution < 1.29 is 9.32 Å². The number of benzene rings is 1. The summed E-state index contributed by atoms with van der Waals surface area (Å²) in [6, 6.07) is 5.42. The average Bonchev–Trinajstić information content (AvgIpc) is 3.11. The van der Waals surface area contributed by atoms with Gasteiger partial charge >= 0.3 is 0 Å². The second kappa shape index (κ2) is 6.60. The minimum atomic E-state index is -0.163. The van der Waals surface area contributed by atoms with Crippen LogP contribution in [0.1, 0.15) is 37.9 Å². The van der Waals surface area contributed by atoms with E-state index in [1.165, 1.54) is 0 Å². The normalized spacial score (nSPS) is 11.4. The molecule has 0 aliphatic carbocycles. The number of nitrogens with zero attached hydrogens (tertiary/aromatic N) is 4. The monoisotopic (exact) mass is 347 g/mol. The van der Waals surface area contributed by atoms with Crippen LogP contribution in [0.15, 0.2) is 22.7 Å². The van der Waals surface area contributed by atoms with E-state index < -0.39 is 0 Å². The molecule has 0 atom stereocenters. The summed E-state index contributed by atoms with van der Waals surface area (Å²) >= 11 is 5.97. The summed E-state index contributed by atoms with van der Waals surface area (Å²) in [4.78, 5) is 20.8. The Labute approximate surface area is 144 Å². The van der Waals surface area contributed by atoms with Gasteiger partial charge in [-0.3, -0.25) is 10.1 Å². The van der Waals surface area contributed by atoms with Crippen LogP contribution in [0.3, 0.4) is 0 Å². The summed E-state index contributed by atoms with van der Waals surface area (Å²) < 4.78 is 6.95. The maximum absolute atomic E-state index is 12.1. The maximum Gasteiger partial charge on any atom is 0.227 e. The number of amides is 1. The fraction of sp³-hybridized carbons (Fsp3) is 0.375. The maximum atomic E-state index is 12.1. The van der Waals surface area contributed by atoms with Gasteiger partial charge in [0.1, 0.15) is 0 Å². The Bertz CT molecular complexity index is 884. The number of carbonyl (C=O) groups is 1. The largest absolute Gasteiger partial charge is 0.339 e. The van der Waals surface area contributed by atoms with Crippen LogP contribution < -0.4 is 5.32 Å². The van der Waals surface area contributed by atoms with E-state index in [-0.39, 0.29) is 18.2 Å². The van der Waals surface area contributed by atoms with Crippen LogP contribution in [0.25, 0.3) is 11.0 Å². The van der Waals surface area contributed by atoms with E-state index >= 15 is 0 Å². The molecule has 2 aromatic heterocycles. The number of hydrogen-bond donors (Lipinski definition) is 1. The summed E-state index contributed by atoms with van der Waals surface area (Å²) in [5.41, 5.74) is 1.63. The van der Waals surface area contributed by atoms with Crippen LogP contribution in [0.5, 0.6) is 0 Å². The molecule has 2 heterocycles. The number of rotatable bonds is 5. The van der Waals surface area contributed by atoms with E-state index in [4.69, 9.17) is 16.1 Å². The van der Waals surface area contributed by atoms with Gasteiger partial charge in [-0.05, 0) is 18.2 Å². The minimum absolute atomic E-state index is 0.163. The highest BCUT2D eigenvalue weighted by Gasteiger charge is 2.14. The zero-order chi connectivity index (χ0) is 17.3. The van der Waals surface area contributed by atoms with Gasteiger partial charge < -0.3 is 9.09 Å². The fourth-order valence-corrected chi connectivity index (χ4v) is 2.46. The predicted molar refractivity (Wildman–Crippen MR) is 91.1 cm³/mol. The van der Waals surface area contributed by atoms with Crippen molar-refractivity contribution in [2.24, 2.45) is 7.05 Å². The number of carbonyl (C=O) groups excluding carboxylic acids is 1. The Morgan fingerprint density at radius 3 is 2.88 bits per heavy atom. The number of anilines is 1. The first-order valence-electron chi connectivity index (χ1n) is 7.68. The number of halogens is 1. The highest BCUT2D eigenvalue weighted by molar-refractivity contribution is 6.31. The fourth-order valence-electron chi connectivity index (χ4n) is 2.30. The minimum Gasteiger partial charge on any atom is -0.339 e. The Morgan fingerprint density at radius 1 is 1.38 bits per heavy atom. The lowest BCUT2D eigenvalue weighted by atomic mass is 10.2. The molecule has 0 fully saturated rings. The van der Waals surface area contributed by atoms with Gasteiger partial charge in [-0.15, -0.1) is 0 Å². The molecule has 0 bridgehead atoms. The molecule has 0 saturated carbocycles. The number of aromatic nitrogens is 4. The van der Waals surface area contributed by atoms with Gasteiger partial charge in [0.25, 0.3) is 0 Å². The summed E-state index contributed by atoms with van der Waals surface area (Å²) in [7, 11) is 1.84. The molecule has 1 amide bonds. The molecule has 1 aromatic carbocycles. The Morgan fingerprint density at radius 2 is 2.17 bits per heavy atom. The summed E-state index contributed by atoms with van der Waals surface area (Å²) in [6.07, 6.45) is 0.630. The summed E-state index contributed by atoms with van der Waals surface area (Å²) in [6.45, 7) is 3.97. The van der Waals surface area contributed by atoms with Crippen LogP contribution >= 0.6 is 11.6 Å². The topological polar surface area (TPSA) is 85.8 Å². The summed E-state index contributed by atoms with van der Waals surface area (Å²) in [5.74, 6) is 1.63. The van der Waals surface area contributed by atoms with Gasteiger partial charge in [-0.25, -0.2) is 4.98 Å². The van der Waals surface area contributed by atoms with E-state index in [0.717, 1.165) is 11.0 Å². The van der Waals surface area contributed by atoms with Crippen molar-refractivity contribution >= 4 is 34.5 Å². The molecule has 1 N–H and O–H groups in total. The molecule has 0 spiro atoms. The number of aryl methyl sites for hydroxylation is 2. The van der Waals surface area contributed by atoms with Gasteiger partial charge in [-0.1, -0.05) is 30.6 Å². The number of imidazole rings is 1. The van der Waals surface area contributed by atoms with E-state index in [9.17, 15) is 4.79 Å².